The van der Waals surface area contributed by atoms with Gasteiger partial charge in [0.2, 0.25) is 0 Å². The summed E-state index contributed by atoms with van der Waals surface area (Å²) in [6, 6.07) is 0.280. The zero-order chi connectivity index (χ0) is 9.19. The lowest BCUT2D eigenvalue weighted by Gasteiger charge is -2.33. The van der Waals surface area contributed by atoms with Gasteiger partial charge in [-0.15, -0.1) is 0 Å². The summed E-state index contributed by atoms with van der Waals surface area (Å²) in [5, 5.41) is 0. The number of esters is 1. The van der Waals surface area contributed by atoms with E-state index in [1.165, 1.54) is 7.11 Å². The van der Waals surface area contributed by atoms with E-state index in [0.717, 1.165) is 25.7 Å². The molecule has 0 heterocycles. The Bertz CT molecular complexity index is 171. The molecule has 1 rings (SSSR count). The second-order valence-electron chi connectivity index (χ2n) is 3.89. The Kier molecular flexibility index (Phi) is 2.73. The first kappa shape index (κ1) is 9.52. The molecule has 1 aliphatic rings. The Morgan fingerprint density at radius 2 is 2.00 bits per heavy atom. The Labute approximate surface area is 73.3 Å². The van der Waals surface area contributed by atoms with Crippen molar-refractivity contribution in [3.8, 4) is 0 Å². The molecule has 0 atom stereocenters. The quantitative estimate of drug-likeness (QED) is 0.600. The van der Waals surface area contributed by atoms with Crippen LogP contribution in [0.5, 0.6) is 0 Å². The van der Waals surface area contributed by atoms with Gasteiger partial charge in [0.25, 0.3) is 0 Å². The van der Waals surface area contributed by atoms with E-state index in [9.17, 15) is 4.79 Å². The number of carbonyl (C=O) groups is 1. The van der Waals surface area contributed by atoms with E-state index in [1.54, 1.807) is 0 Å². The topological polar surface area (TPSA) is 52.3 Å². The number of nitrogens with two attached hydrogens (primary N) is 1. The van der Waals surface area contributed by atoms with Crippen molar-refractivity contribution in [3.63, 3.8) is 0 Å². The van der Waals surface area contributed by atoms with Gasteiger partial charge in [0, 0.05) is 6.04 Å². The van der Waals surface area contributed by atoms with E-state index >= 15 is 0 Å². The van der Waals surface area contributed by atoms with Crippen LogP contribution in [0.15, 0.2) is 0 Å². The molecule has 1 aliphatic carbocycles. The number of hydrogen-bond donors (Lipinski definition) is 1. The molecule has 0 unspecified atom stereocenters. The molecule has 0 aromatic heterocycles. The van der Waals surface area contributed by atoms with Crippen LogP contribution in [-0.2, 0) is 9.53 Å². The van der Waals surface area contributed by atoms with E-state index in [1.807, 2.05) is 6.92 Å². The van der Waals surface area contributed by atoms with Crippen LogP contribution < -0.4 is 5.73 Å². The van der Waals surface area contributed by atoms with Crippen LogP contribution in [0.2, 0.25) is 0 Å². The molecule has 1 fully saturated rings. The second-order valence-corrected chi connectivity index (χ2v) is 3.89. The first-order valence-corrected chi connectivity index (χ1v) is 4.42. The van der Waals surface area contributed by atoms with Crippen LogP contribution in [0.25, 0.3) is 0 Å². The van der Waals surface area contributed by atoms with Crippen molar-refractivity contribution in [2.75, 3.05) is 7.11 Å². The lowest BCUT2D eigenvalue weighted by molar-refractivity contribution is -0.153. The maximum absolute atomic E-state index is 11.3. The average Bonchev–Trinajstić information content (AvgIpc) is 2.09. The fourth-order valence-electron chi connectivity index (χ4n) is 1.73. The molecule has 0 saturated heterocycles. The van der Waals surface area contributed by atoms with Crippen molar-refractivity contribution in [2.45, 2.75) is 38.6 Å². The van der Waals surface area contributed by atoms with E-state index in [-0.39, 0.29) is 17.4 Å². The van der Waals surface area contributed by atoms with Gasteiger partial charge in [0.05, 0.1) is 12.5 Å². The molecule has 0 spiro atoms. The summed E-state index contributed by atoms with van der Waals surface area (Å²) in [6.45, 7) is 1.96. The third-order valence-corrected chi connectivity index (χ3v) is 2.81. The van der Waals surface area contributed by atoms with Gasteiger partial charge in [-0.05, 0) is 32.6 Å². The molecule has 3 nitrogen and oxygen atoms in total. The highest BCUT2D eigenvalue weighted by Crippen LogP contribution is 2.36. The molecule has 3 heteroatoms. The average molecular weight is 171 g/mol. The fraction of sp³-hybridized carbons (Fsp3) is 0.889. The largest absolute Gasteiger partial charge is 0.469 e. The Morgan fingerprint density at radius 1 is 1.50 bits per heavy atom. The highest BCUT2D eigenvalue weighted by molar-refractivity contribution is 5.76. The summed E-state index contributed by atoms with van der Waals surface area (Å²) in [5.41, 5.74) is 5.47. The van der Waals surface area contributed by atoms with Crippen LogP contribution >= 0.6 is 0 Å². The van der Waals surface area contributed by atoms with Crippen molar-refractivity contribution < 1.29 is 9.53 Å². The van der Waals surface area contributed by atoms with Crippen molar-refractivity contribution >= 4 is 5.97 Å². The molecule has 0 aliphatic heterocycles. The Balaban J connectivity index is 2.55. The maximum atomic E-state index is 11.3. The minimum absolute atomic E-state index is 0.0885. The number of ether oxygens (including phenoxy) is 1. The summed E-state index contributed by atoms with van der Waals surface area (Å²) >= 11 is 0. The molecular formula is C9H17NO2. The molecule has 0 aromatic carbocycles. The summed E-state index contributed by atoms with van der Waals surface area (Å²) < 4.78 is 4.75. The molecule has 1 saturated carbocycles. The zero-order valence-corrected chi connectivity index (χ0v) is 7.80. The van der Waals surface area contributed by atoms with Crippen molar-refractivity contribution in [1.29, 1.82) is 0 Å². The SMILES string of the molecule is COC(=O)C1(C)CCC(N)CC1. The molecule has 0 radical (unpaired) electrons. The third-order valence-electron chi connectivity index (χ3n) is 2.81. The van der Waals surface area contributed by atoms with Crippen LogP contribution in [0, 0.1) is 5.41 Å². The van der Waals surface area contributed by atoms with Gasteiger partial charge in [-0.1, -0.05) is 0 Å². The smallest absolute Gasteiger partial charge is 0.311 e. The molecule has 0 bridgehead atoms. The van der Waals surface area contributed by atoms with Crippen LogP contribution in [0.1, 0.15) is 32.6 Å². The minimum atomic E-state index is -0.273. The van der Waals surface area contributed by atoms with E-state index in [0.29, 0.717) is 0 Å². The van der Waals surface area contributed by atoms with Crippen molar-refractivity contribution in [1.82, 2.24) is 0 Å². The standard InChI is InChI=1S/C9H17NO2/c1-9(8(11)12-2)5-3-7(10)4-6-9/h7H,3-6,10H2,1-2H3. The number of carbonyl (C=O) groups excluding carboxylic acids is 1. The van der Waals surface area contributed by atoms with Gasteiger partial charge in [-0.2, -0.15) is 0 Å². The first-order chi connectivity index (χ1) is 5.58. The van der Waals surface area contributed by atoms with Gasteiger partial charge in [-0.3, -0.25) is 4.79 Å². The summed E-state index contributed by atoms with van der Waals surface area (Å²) in [7, 11) is 1.45. The first-order valence-electron chi connectivity index (χ1n) is 4.42. The Morgan fingerprint density at radius 3 is 2.42 bits per heavy atom. The molecular weight excluding hydrogens is 154 g/mol. The fourth-order valence-corrected chi connectivity index (χ4v) is 1.73. The summed E-state index contributed by atoms with van der Waals surface area (Å²) in [6.07, 6.45) is 3.60. The van der Waals surface area contributed by atoms with Crippen LogP contribution in [0.3, 0.4) is 0 Å². The Hall–Kier alpha value is -0.570. The molecule has 2 N–H and O–H groups in total. The number of methoxy groups -OCH3 is 1. The second kappa shape index (κ2) is 3.44. The van der Waals surface area contributed by atoms with Gasteiger partial charge >= 0.3 is 5.97 Å². The monoisotopic (exact) mass is 171 g/mol. The predicted molar refractivity (Wildman–Crippen MR) is 46.6 cm³/mol. The van der Waals surface area contributed by atoms with E-state index in [4.69, 9.17) is 10.5 Å². The lowest BCUT2D eigenvalue weighted by Crippen LogP contribution is -2.37. The molecule has 0 aromatic rings. The van der Waals surface area contributed by atoms with Crippen LogP contribution in [-0.4, -0.2) is 19.1 Å². The lowest BCUT2D eigenvalue weighted by atomic mass is 9.74. The van der Waals surface area contributed by atoms with Crippen LogP contribution in [0.4, 0.5) is 0 Å². The molecule has 70 valence electrons. The maximum Gasteiger partial charge on any atom is 0.311 e. The van der Waals surface area contributed by atoms with E-state index < -0.39 is 0 Å². The van der Waals surface area contributed by atoms with Gasteiger partial charge < -0.3 is 10.5 Å². The van der Waals surface area contributed by atoms with Gasteiger partial charge in [0.15, 0.2) is 0 Å². The van der Waals surface area contributed by atoms with E-state index in [2.05, 4.69) is 0 Å². The minimum Gasteiger partial charge on any atom is -0.469 e. The number of hydrogen-bond acceptors (Lipinski definition) is 3. The number of rotatable bonds is 1. The van der Waals surface area contributed by atoms with Crippen molar-refractivity contribution in [2.24, 2.45) is 11.1 Å². The van der Waals surface area contributed by atoms with Gasteiger partial charge in [-0.25, -0.2) is 0 Å². The zero-order valence-electron chi connectivity index (χ0n) is 7.80. The summed E-state index contributed by atoms with van der Waals surface area (Å²) in [4.78, 5) is 11.3. The molecule has 12 heavy (non-hydrogen) atoms. The predicted octanol–water partition coefficient (Wildman–Crippen LogP) is 1.07. The highest BCUT2D eigenvalue weighted by atomic mass is 16.5. The van der Waals surface area contributed by atoms with Crippen molar-refractivity contribution in [3.05, 3.63) is 0 Å². The normalized spacial score (nSPS) is 36.1. The highest BCUT2D eigenvalue weighted by Gasteiger charge is 2.37. The molecule has 0 amide bonds. The summed E-state index contributed by atoms with van der Waals surface area (Å²) in [5.74, 6) is -0.0885. The van der Waals surface area contributed by atoms with Gasteiger partial charge in [0.1, 0.15) is 0 Å². The third kappa shape index (κ3) is 1.78.